The van der Waals surface area contributed by atoms with E-state index in [-0.39, 0.29) is 5.76 Å². The molecule has 10 nitrogen and oxygen atoms in total. The van der Waals surface area contributed by atoms with Crippen molar-refractivity contribution in [2.45, 2.75) is 0 Å². The Balaban J connectivity index is 2.17. The van der Waals surface area contributed by atoms with Crippen LogP contribution in [0.2, 0.25) is 0 Å². The van der Waals surface area contributed by atoms with E-state index in [0.29, 0.717) is 56.4 Å². The summed E-state index contributed by atoms with van der Waals surface area (Å²) in [5, 5.41) is 0.655. The second-order valence-corrected chi connectivity index (χ2v) is 7.47. The van der Waals surface area contributed by atoms with E-state index in [1.807, 2.05) is 0 Å². The number of benzene rings is 3. The van der Waals surface area contributed by atoms with Gasteiger partial charge < -0.3 is 33.3 Å². The molecule has 3 aromatic carbocycles. The number of hydrogen-bond acceptors (Lipinski definition) is 9. The number of methoxy groups -OCH3 is 6. The highest BCUT2D eigenvalue weighted by Gasteiger charge is 2.21. The van der Waals surface area contributed by atoms with Gasteiger partial charge in [-0.05, 0) is 48.0 Å². The molecule has 0 aliphatic rings. The molecule has 0 aromatic heterocycles. The minimum atomic E-state index is -0.552. The maximum atomic E-state index is 12.9. The van der Waals surface area contributed by atoms with Crippen molar-refractivity contribution >= 4 is 17.7 Å². The number of carbonyl (C=O) groups is 1. The molecule has 0 saturated heterocycles. The summed E-state index contributed by atoms with van der Waals surface area (Å²) in [6, 6.07) is 15.3. The van der Waals surface area contributed by atoms with Crippen LogP contribution in [0.1, 0.15) is 21.5 Å². The lowest BCUT2D eigenvalue weighted by atomic mass is 10.1. The Hall–Kier alpha value is -4.57. The lowest BCUT2D eigenvalue weighted by Gasteiger charge is -2.21. The molecule has 0 radical (unpaired) electrons. The molecule has 0 bridgehead atoms. The maximum absolute atomic E-state index is 12.9. The Morgan fingerprint density at radius 1 is 0.676 bits per heavy atom. The van der Waals surface area contributed by atoms with Crippen LogP contribution in [0, 0.1) is 0 Å². The number of hydrogen-bond donors (Lipinski definition) is 1. The van der Waals surface area contributed by atoms with Crippen molar-refractivity contribution in [2.24, 2.45) is 5.84 Å². The lowest BCUT2D eigenvalue weighted by molar-refractivity contribution is -0.0569. The van der Waals surface area contributed by atoms with E-state index in [9.17, 15) is 4.79 Å². The predicted octanol–water partition coefficient (Wildman–Crippen LogP) is 4.18. The van der Waals surface area contributed by atoms with Gasteiger partial charge in [-0.15, -0.1) is 0 Å². The van der Waals surface area contributed by atoms with Crippen LogP contribution in [0.3, 0.4) is 0 Å². The summed E-state index contributed by atoms with van der Waals surface area (Å²) in [5.74, 6) is 8.16. The molecule has 3 rings (SSSR count). The molecule has 0 aliphatic heterocycles. The summed E-state index contributed by atoms with van der Waals surface area (Å²) in [7, 11) is 9.05. The van der Waals surface area contributed by atoms with E-state index >= 15 is 0 Å². The molecule has 196 valence electrons. The highest BCUT2D eigenvalue weighted by Crippen LogP contribution is 2.42. The molecule has 0 fully saturated rings. The fourth-order valence-corrected chi connectivity index (χ4v) is 3.58. The first-order chi connectivity index (χ1) is 17.9. The van der Waals surface area contributed by atoms with Crippen molar-refractivity contribution in [1.29, 1.82) is 0 Å². The van der Waals surface area contributed by atoms with Crippen LogP contribution in [0.25, 0.3) is 11.8 Å². The highest BCUT2D eigenvalue weighted by atomic mass is 16.7. The number of carbonyl (C=O) groups excluding carboxylic acids is 1. The van der Waals surface area contributed by atoms with Gasteiger partial charge >= 0.3 is 5.91 Å². The molecule has 0 spiro atoms. The summed E-state index contributed by atoms with van der Waals surface area (Å²) < 4.78 is 32.8. The average molecular weight is 511 g/mol. The summed E-state index contributed by atoms with van der Waals surface area (Å²) in [5.41, 5.74) is 1.44. The molecule has 0 atom stereocenters. The van der Waals surface area contributed by atoms with E-state index in [1.165, 1.54) is 42.7 Å². The van der Waals surface area contributed by atoms with Crippen molar-refractivity contribution in [3.05, 3.63) is 71.3 Å². The number of nitrogens with two attached hydrogens (primary N) is 1. The standard InChI is InChI=1S/C27H30N2O8/c1-31-21-13-17(14-22(32-2)25(21)35-5)12-20(37-29(28)27(30)18-10-8-7-9-11-18)19-15-23(33-3)26(36-6)24(16-19)34-4/h7-16H,28H2,1-6H3/b20-12-. The van der Waals surface area contributed by atoms with Gasteiger partial charge in [0, 0.05) is 11.1 Å². The number of ether oxygens (including phenoxy) is 6. The lowest BCUT2D eigenvalue weighted by Crippen LogP contribution is -2.36. The molecule has 10 heteroatoms. The molecule has 2 N–H and O–H groups in total. The molecule has 37 heavy (non-hydrogen) atoms. The van der Waals surface area contributed by atoms with Crippen LogP contribution >= 0.6 is 0 Å². The second-order valence-electron chi connectivity index (χ2n) is 7.47. The SMILES string of the molecule is COc1cc(/C=C(\ON(N)C(=O)c2ccccc2)c2cc(OC)c(OC)c(OC)c2)cc(OC)c1OC. The molecule has 0 heterocycles. The summed E-state index contributed by atoms with van der Waals surface area (Å²) in [6.07, 6.45) is 1.66. The van der Waals surface area contributed by atoms with Gasteiger partial charge in [0.2, 0.25) is 11.5 Å². The second kappa shape index (κ2) is 12.4. The number of amides is 1. The predicted molar refractivity (Wildman–Crippen MR) is 138 cm³/mol. The summed E-state index contributed by atoms with van der Waals surface area (Å²) in [4.78, 5) is 18.8. The Kier molecular flexibility index (Phi) is 9.06. The molecule has 0 aliphatic carbocycles. The van der Waals surface area contributed by atoms with E-state index in [2.05, 4.69) is 0 Å². The maximum Gasteiger partial charge on any atom is 0.302 e. The van der Waals surface area contributed by atoms with Gasteiger partial charge in [-0.2, -0.15) is 0 Å². The zero-order valence-electron chi connectivity index (χ0n) is 21.6. The minimum absolute atomic E-state index is 0.195. The van der Waals surface area contributed by atoms with Crippen LogP contribution < -0.4 is 34.3 Å². The quantitative estimate of drug-likeness (QED) is 0.133. The van der Waals surface area contributed by atoms with Crippen LogP contribution in [0.15, 0.2) is 54.6 Å². The van der Waals surface area contributed by atoms with Gasteiger partial charge in [-0.25, -0.2) is 5.84 Å². The van der Waals surface area contributed by atoms with Gasteiger partial charge in [-0.3, -0.25) is 4.79 Å². The Labute approximate surface area is 215 Å². The van der Waals surface area contributed by atoms with Crippen molar-refractivity contribution in [3.63, 3.8) is 0 Å². The Bertz CT molecular complexity index is 1210. The van der Waals surface area contributed by atoms with Crippen LogP contribution in [0.5, 0.6) is 34.5 Å². The third-order valence-corrected chi connectivity index (χ3v) is 5.35. The van der Waals surface area contributed by atoms with Crippen molar-refractivity contribution in [2.75, 3.05) is 42.7 Å². The fourth-order valence-electron chi connectivity index (χ4n) is 3.58. The van der Waals surface area contributed by atoms with Gasteiger partial charge in [0.1, 0.15) is 0 Å². The molecule has 3 aromatic rings. The molecule has 1 amide bonds. The third kappa shape index (κ3) is 5.99. The first-order valence-electron chi connectivity index (χ1n) is 11.0. The number of nitrogens with zero attached hydrogens (tertiary/aromatic N) is 1. The average Bonchev–Trinajstić information content (AvgIpc) is 2.95. The Morgan fingerprint density at radius 3 is 1.57 bits per heavy atom. The first-order valence-corrected chi connectivity index (χ1v) is 11.0. The van der Waals surface area contributed by atoms with E-state index in [1.54, 1.807) is 60.7 Å². The molecular formula is C27H30N2O8. The van der Waals surface area contributed by atoms with Gasteiger partial charge in [0.15, 0.2) is 28.8 Å². The van der Waals surface area contributed by atoms with Gasteiger partial charge in [0.25, 0.3) is 0 Å². The highest BCUT2D eigenvalue weighted by molar-refractivity contribution is 5.93. The first kappa shape index (κ1) is 27.0. The van der Waals surface area contributed by atoms with E-state index in [0.717, 1.165) is 0 Å². The Morgan fingerprint density at radius 2 is 1.14 bits per heavy atom. The topological polar surface area (TPSA) is 111 Å². The summed E-state index contributed by atoms with van der Waals surface area (Å²) in [6.45, 7) is 0. The number of hydroxylamine groups is 1. The van der Waals surface area contributed by atoms with Crippen molar-refractivity contribution < 1.29 is 38.1 Å². The monoisotopic (exact) mass is 510 g/mol. The van der Waals surface area contributed by atoms with Crippen LogP contribution in [-0.2, 0) is 4.84 Å². The fraction of sp³-hybridized carbons (Fsp3) is 0.222. The van der Waals surface area contributed by atoms with Gasteiger partial charge in [0.05, 0.1) is 42.7 Å². The van der Waals surface area contributed by atoms with Crippen LogP contribution in [0.4, 0.5) is 0 Å². The molecular weight excluding hydrogens is 480 g/mol. The molecule has 0 saturated carbocycles. The van der Waals surface area contributed by atoms with Crippen LogP contribution in [-0.4, -0.2) is 53.7 Å². The molecule has 0 unspecified atom stereocenters. The van der Waals surface area contributed by atoms with E-state index in [4.69, 9.17) is 39.1 Å². The smallest absolute Gasteiger partial charge is 0.302 e. The van der Waals surface area contributed by atoms with E-state index < -0.39 is 5.91 Å². The summed E-state index contributed by atoms with van der Waals surface area (Å²) >= 11 is 0. The minimum Gasteiger partial charge on any atom is -0.493 e. The third-order valence-electron chi connectivity index (χ3n) is 5.35. The normalized spacial score (nSPS) is 10.8. The van der Waals surface area contributed by atoms with Gasteiger partial charge in [-0.1, -0.05) is 23.4 Å². The zero-order valence-corrected chi connectivity index (χ0v) is 21.6. The van der Waals surface area contributed by atoms with Crippen molar-refractivity contribution in [1.82, 2.24) is 5.17 Å². The van der Waals surface area contributed by atoms with Crippen molar-refractivity contribution in [3.8, 4) is 34.5 Å². The number of hydrazine groups is 1. The number of rotatable bonds is 11. The largest absolute Gasteiger partial charge is 0.493 e. The zero-order chi connectivity index (χ0) is 26.9.